The lowest BCUT2D eigenvalue weighted by Crippen LogP contribution is -2.24. The highest BCUT2D eigenvalue weighted by molar-refractivity contribution is 7.93. The molecule has 0 aliphatic heterocycles. The molecule has 0 aliphatic carbocycles. The lowest BCUT2D eigenvalue weighted by Gasteiger charge is -2.03. The highest BCUT2D eigenvalue weighted by Gasteiger charge is 2.23. The van der Waals surface area contributed by atoms with Gasteiger partial charge in [-0.2, -0.15) is 0 Å². The van der Waals surface area contributed by atoms with Gasteiger partial charge in [-0.05, 0) is 24.3 Å². The number of oxazole rings is 1. The van der Waals surface area contributed by atoms with Crippen LogP contribution in [0.3, 0.4) is 0 Å². The molecule has 0 atom stereocenters. The summed E-state index contributed by atoms with van der Waals surface area (Å²) < 4.78 is 31.4. The molecule has 0 radical (unpaired) electrons. The van der Waals surface area contributed by atoms with Gasteiger partial charge < -0.3 is 9.73 Å². The number of fused-ring (bicyclic) bond motifs is 1. The second kappa shape index (κ2) is 7.77. The number of non-ortho nitro benzene ring substituents is 1. The van der Waals surface area contributed by atoms with Gasteiger partial charge in [-0.3, -0.25) is 19.5 Å². The van der Waals surface area contributed by atoms with Crippen molar-refractivity contribution in [2.45, 2.75) is 15.6 Å². The molecule has 0 saturated carbocycles. The molecule has 0 bridgehead atoms. The first-order chi connectivity index (χ1) is 14.8. The summed E-state index contributed by atoms with van der Waals surface area (Å²) in [6.07, 6.45) is 1.08. The average molecular weight is 460 g/mol. The van der Waals surface area contributed by atoms with E-state index in [9.17, 15) is 28.1 Å². The van der Waals surface area contributed by atoms with Crippen molar-refractivity contribution in [2.75, 3.05) is 5.32 Å². The lowest BCUT2D eigenvalue weighted by molar-refractivity contribution is -0.384. The molecule has 1 amide bonds. The fourth-order valence-electron chi connectivity index (χ4n) is 2.77. The zero-order chi connectivity index (χ0) is 22.2. The maximum atomic E-state index is 12.7. The average Bonchev–Trinajstić information content (AvgIpc) is 3.33. The van der Waals surface area contributed by atoms with Crippen molar-refractivity contribution in [3.63, 3.8) is 0 Å². The number of hydrogen-bond acceptors (Lipinski definition) is 9. The first-order valence-corrected chi connectivity index (χ1v) is 10.9. The maximum Gasteiger partial charge on any atom is 0.420 e. The minimum absolute atomic E-state index is 0.0198. The van der Waals surface area contributed by atoms with Crippen LogP contribution in [-0.2, 0) is 21.2 Å². The van der Waals surface area contributed by atoms with E-state index in [1.54, 1.807) is 24.3 Å². The van der Waals surface area contributed by atoms with Gasteiger partial charge in [-0.15, -0.1) is 0 Å². The quantitative estimate of drug-likeness (QED) is 0.340. The van der Waals surface area contributed by atoms with Crippen LogP contribution in [0.4, 0.5) is 10.8 Å². The van der Waals surface area contributed by atoms with Crippen LogP contribution in [0.5, 0.6) is 0 Å². The third kappa shape index (κ3) is 3.95. The van der Waals surface area contributed by atoms with Crippen LogP contribution < -0.4 is 11.1 Å². The van der Waals surface area contributed by atoms with E-state index in [-0.39, 0.29) is 26.5 Å². The number of amides is 1. The predicted octanol–water partition coefficient (Wildman–Crippen LogP) is 2.43. The number of para-hydroxylation sites is 2. The Hall–Kier alpha value is -3.84. The smallest absolute Gasteiger partial charge is 0.408 e. The third-order valence-corrected chi connectivity index (χ3v) is 7.37. The Morgan fingerprint density at radius 1 is 1.19 bits per heavy atom. The summed E-state index contributed by atoms with van der Waals surface area (Å²) in [4.78, 5) is 38.2. The van der Waals surface area contributed by atoms with E-state index in [4.69, 9.17) is 4.42 Å². The van der Waals surface area contributed by atoms with Crippen molar-refractivity contribution in [3.8, 4) is 0 Å². The number of nitro benzene ring substituents is 1. The second-order valence-corrected chi connectivity index (χ2v) is 9.42. The van der Waals surface area contributed by atoms with Crippen LogP contribution in [0.1, 0.15) is 0 Å². The second-order valence-electron chi connectivity index (χ2n) is 6.21. The van der Waals surface area contributed by atoms with Crippen LogP contribution in [0.25, 0.3) is 11.1 Å². The molecular formula is C18H12N4O7S2. The summed E-state index contributed by atoms with van der Waals surface area (Å²) in [5.74, 6) is -1.29. The number of nitrogens with zero attached hydrogens (tertiary/aromatic N) is 3. The number of benzene rings is 2. The Labute approximate surface area is 177 Å². The fourth-order valence-corrected chi connectivity index (χ4v) is 5.22. The van der Waals surface area contributed by atoms with E-state index in [2.05, 4.69) is 10.3 Å². The van der Waals surface area contributed by atoms with Gasteiger partial charge in [0, 0.05) is 12.1 Å². The Kier molecular flexibility index (Phi) is 5.12. The summed E-state index contributed by atoms with van der Waals surface area (Å²) in [5.41, 5.74) is 0.549. The van der Waals surface area contributed by atoms with Crippen molar-refractivity contribution < 1.29 is 22.6 Å². The molecule has 4 aromatic rings. The zero-order valence-corrected chi connectivity index (χ0v) is 17.1. The topological polar surface area (TPSA) is 154 Å². The molecule has 11 nitrogen and oxygen atoms in total. The van der Waals surface area contributed by atoms with Gasteiger partial charge in [0.25, 0.3) is 5.69 Å². The molecule has 13 heteroatoms. The molecule has 4 rings (SSSR count). The Bertz CT molecular complexity index is 1470. The molecule has 0 spiro atoms. The number of carbonyl (C=O) groups excluding carboxylic acids is 1. The molecule has 1 N–H and O–H groups in total. The van der Waals surface area contributed by atoms with Crippen molar-refractivity contribution in [2.24, 2.45) is 0 Å². The lowest BCUT2D eigenvalue weighted by atomic mass is 10.3. The molecule has 2 heterocycles. The van der Waals surface area contributed by atoms with Crippen LogP contribution >= 0.6 is 11.3 Å². The molecule has 158 valence electrons. The van der Waals surface area contributed by atoms with Crippen LogP contribution in [0, 0.1) is 10.1 Å². The third-order valence-electron chi connectivity index (χ3n) is 4.23. The number of rotatable bonds is 6. The molecular weight excluding hydrogens is 448 g/mol. The molecule has 2 aromatic heterocycles. The van der Waals surface area contributed by atoms with Gasteiger partial charge >= 0.3 is 5.76 Å². The van der Waals surface area contributed by atoms with Gasteiger partial charge in [0.1, 0.15) is 10.8 Å². The van der Waals surface area contributed by atoms with E-state index in [0.717, 1.165) is 46.4 Å². The standard InChI is InChI=1S/C18H12N4O7S2/c23-15(10-21-13-3-1-2-4-14(13)29-18(21)24)20-17-19-9-16(30-17)31(27,28)12-7-5-11(6-8-12)22(25)26/h1-9H,10H2,(H,19,20,23). The molecule has 0 saturated heterocycles. The van der Waals surface area contributed by atoms with E-state index in [1.807, 2.05) is 0 Å². The molecule has 0 aliphatic rings. The Morgan fingerprint density at radius 3 is 2.61 bits per heavy atom. The first-order valence-electron chi connectivity index (χ1n) is 8.59. The number of carbonyl (C=O) groups is 1. The molecule has 0 fully saturated rings. The maximum absolute atomic E-state index is 12.7. The summed E-state index contributed by atoms with van der Waals surface area (Å²) >= 11 is 0.718. The summed E-state index contributed by atoms with van der Waals surface area (Å²) in [7, 11) is -3.97. The summed E-state index contributed by atoms with van der Waals surface area (Å²) in [6, 6.07) is 11.0. The van der Waals surface area contributed by atoms with Crippen LogP contribution in [0.2, 0.25) is 0 Å². The van der Waals surface area contributed by atoms with Gasteiger partial charge in [0.15, 0.2) is 10.7 Å². The number of nitro groups is 1. The van der Waals surface area contributed by atoms with Crippen LogP contribution in [0.15, 0.2) is 73.0 Å². The van der Waals surface area contributed by atoms with E-state index in [1.165, 1.54) is 0 Å². The van der Waals surface area contributed by atoms with E-state index < -0.39 is 26.4 Å². The zero-order valence-electron chi connectivity index (χ0n) is 15.4. The fraction of sp³-hybridized carbons (Fsp3) is 0.0556. The Morgan fingerprint density at radius 2 is 1.90 bits per heavy atom. The monoisotopic (exact) mass is 460 g/mol. The Balaban J connectivity index is 1.52. The molecule has 0 unspecified atom stereocenters. The van der Waals surface area contributed by atoms with Gasteiger partial charge in [-0.25, -0.2) is 18.2 Å². The SMILES string of the molecule is O=C(Cn1c(=O)oc2ccccc21)Nc1ncc(S(=O)(=O)c2ccc([N+](=O)[O-])cc2)s1. The van der Waals surface area contributed by atoms with E-state index in [0.29, 0.717) is 11.1 Å². The van der Waals surface area contributed by atoms with Crippen molar-refractivity contribution in [1.29, 1.82) is 0 Å². The highest BCUT2D eigenvalue weighted by atomic mass is 32.2. The largest absolute Gasteiger partial charge is 0.420 e. The minimum Gasteiger partial charge on any atom is -0.408 e. The number of hydrogen-bond donors (Lipinski definition) is 1. The minimum atomic E-state index is -3.97. The van der Waals surface area contributed by atoms with Gasteiger partial charge in [0.05, 0.1) is 21.5 Å². The number of aromatic nitrogens is 2. The molecule has 31 heavy (non-hydrogen) atoms. The number of sulfone groups is 1. The molecule has 2 aromatic carbocycles. The van der Waals surface area contributed by atoms with Crippen molar-refractivity contribution in [3.05, 3.63) is 75.4 Å². The van der Waals surface area contributed by atoms with Gasteiger partial charge in [0.2, 0.25) is 15.7 Å². The van der Waals surface area contributed by atoms with Crippen molar-refractivity contribution in [1.82, 2.24) is 9.55 Å². The first kappa shape index (κ1) is 20.4. The predicted molar refractivity (Wildman–Crippen MR) is 110 cm³/mol. The number of thiazole rings is 1. The normalized spacial score (nSPS) is 11.5. The van der Waals surface area contributed by atoms with E-state index >= 15 is 0 Å². The van der Waals surface area contributed by atoms with Gasteiger partial charge in [-0.1, -0.05) is 23.5 Å². The highest BCUT2D eigenvalue weighted by Crippen LogP contribution is 2.29. The number of anilines is 1. The van der Waals surface area contributed by atoms with Crippen LogP contribution in [-0.4, -0.2) is 28.8 Å². The van der Waals surface area contributed by atoms with Crippen molar-refractivity contribution >= 4 is 49.0 Å². The number of nitrogens with one attached hydrogen (secondary N) is 1. The summed E-state index contributed by atoms with van der Waals surface area (Å²) in [5, 5.41) is 13.2. The summed E-state index contributed by atoms with van der Waals surface area (Å²) in [6.45, 7) is -0.347.